The fourth-order valence-electron chi connectivity index (χ4n) is 3.70. The van der Waals surface area contributed by atoms with E-state index in [0.29, 0.717) is 22.6 Å². The van der Waals surface area contributed by atoms with E-state index in [1.165, 1.54) is 12.3 Å². The Hall–Kier alpha value is -4.91. The van der Waals surface area contributed by atoms with Gasteiger partial charge in [0.05, 0.1) is 22.9 Å². The van der Waals surface area contributed by atoms with Crippen LogP contribution in [0.4, 0.5) is 5.69 Å². The second-order valence-corrected chi connectivity index (χ2v) is 8.41. The highest BCUT2D eigenvalue weighted by atomic mass is 16.6. The molecule has 0 amide bonds. The maximum absolute atomic E-state index is 12.7. The van der Waals surface area contributed by atoms with Gasteiger partial charge in [-0.1, -0.05) is 49.0 Å². The molecule has 0 bridgehead atoms. The lowest BCUT2D eigenvalue weighted by Gasteiger charge is -2.11. The molecule has 4 aromatic rings. The number of ether oxygens (including phenoxy) is 3. The number of carbonyl (C=O) groups excluding carboxylic acids is 1. The highest BCUT2D eigenvalue weighted by Crippen LogP contribution is 2.33. The summed E-state index contributed by atoms with van der Waals surface area (Å²) in [6.07, 6.45) is 1.19. The lowest BCUT2D eigenvalue weighted by atomic mass is 10.0. The van der Waals surface area contributed by atoms with Crippen LogP contribution in [0, 0.1) is 10.1 Å². The van der Waals surface area contributed by atoms with E-state index < -0.39 is 10.9 Å². The number of nitrogens with zero attached hydrogens (tertiary/aromatic N) is 1. The first-order valence-corrected chi connectivity index (χ1v) is 11.6. The highest BCUT2D eigenvalue weighted by molar-refractivity contribution is 5.91. The molecule has 7 heteroatoms. The number of rotatable bonds is 9. The lowest BCUT2D eigenvalue weighted by molar-refractivity contribution is -0.386. The number of carbonyl (C=O) groups is 1. The Bertz CT molecular complexity index is 1410. The fraction of sp³-hybridized carbons (Fsp3) is 0.100. The molecular weight excluding hydrogens is 470 g/mol. The molecule has 7 nitrogen and oxygen atoms in total. The topological polar surface area (TPSA) is 87.9 Å². The third kappa shape index (κ3) is 6.21. The van der Waals surface area contributed by atoms with Crippen LogP contribution in [-0.2, 0) is 0 Å². The van der Waals surface area contributed by atoms with Crippen LogP contribution < -0.4 is 14.2 Å². The lowest BCUT2D eigenvalue weighted by Crippen LogP contribution is -2.08. The minimum Gasteiger partial charge on any atom is -0.484 e. The van der Waals surface area contributed by atoms with Gasteiger partial charge in [0.15, 0.2) is 5.75 Å². The fourth-order valence-corrected chi connectivity index (χ4v) is 3.70. The summed E-state index contributed by atoms with van der Waals surface area (Å²) < 4.78 is 16.3. The van der Waals surface area contributed by atoms with Gasteiger partial charge in [0.2, 0.25) is 0 Å². The molecule has 0 aliphatic heterocycles. The standard InChI is InChI=1S/C30H25NO6/c1-4-35-26-14-9-21(10-15-26)22-11-16-27(17-12-22)37-30(32)24-7-5-23(6-8-24)25-13-18-29(36-20(2)3)28(19-25)31(33)34/h4-20H,1H2,2-3H3. The second-order valence-electron chi connectivity index (χ2n) is 8.41. The summed E-state index contributed by atoms with van der Waals surface area (Å²) in [4.78, 5) is 23.7. The Kier molecular flexibility index (Phi) is 7.64. The van der Waals surface area contributed by atoms with Gasteiger partial charge in [-0.15, -0.1) is 0 Å². The van der Waals surface area contributed by atoms with Gasteiger partial charge in [0, 0.05) is 6.07 Å². The molecule has 0 unspecified atom stereocenters. The predicted molar refractivity (Wildman–Crippen MR) is 142 cm³/mol. The highest BCUT2D eigenvalue weighted by Gasteiger charge is 2.18. The smallest absolute Gasteiger partial charge is 0.343 e. The molecule has 0 atom stereocenters. The molecule has 0 radical (unpaired) electrons. The van der Waals surface area contributed by atoms with Crippen molar-refractivity contribution in [1.29, 1.82) is 0 Å². The monoisotopic (exact) mass is 495 g/mol. The van der Waals surface area contributed by atoms with E-state index in [-0.39, 0.29) is 17.5 Å². The van der Waals surface area contributed by atoms with Crippen LogP contribution >= 0.6 is 0 Å². The first kappa shape index (κ1) is 25.2. The largest absolute Gasteiger partial charge is 0.484 e. The molecule has 0 spiro atoms. The van der Waals surface area contributed by atoms with Crippen molar-refractivity contribution >= 4 is 11.7 Å². The summed E-state index contributed by atoms with van der Waals surface area (Å²) in [5.41, 5.74) is 3.58. The van der Waals surface area contributed by atoms with Crippen LogP contribution in [0.15, 0.2) is 104 Å². The van der Waals surface area contributed by atoms with Gasteiger partial charge in [0.1, 0.15) is 11.5 Å². The summed E-state index contributed by atoms with van der Waals surface area (Å²) >= 11 is 0. The minimum atomic E-state index is -0.503. The van der Waals surface area contributed by atoms with E-state index >= 15 is 0 Å². The third-order valence-electron chi connectivity index (χ3n) is 5.44. The molecule has 0 aliphatic carbocycles. The molecule has 0 aromatic heterocycles. The van der Waals surface area contributed by atoms with Crippen LogP contribution in [0.25, 0.3) is 22.3 Å². The van der Waals surface area contributed by atoms with Gasteiger partial charge in [-0.05, 0) is 78.6 Å². The van der Waals surface area contributed by atoms with Crippen molar-refractivity contribution < 1.29 is 23.9 Å². The Morgan fingerprint density at radius 1 is 0.811 bits per heavy atom. The van der Waals surface area contributed by atoms with Crippen molar-refractivity contribution in [2.24, 2.45) is 0 Å². The van der Waals surface area contributed by atoms with E-state index in [9.17, 15) is 14.9 Å². The summed E-state index contributed by atoms with van der Waals surface area (Å²) in [6.45, 7) is 7.16. The molecule has 186 valence electrons. The van der Waals surface area contributed by atoms with Crippen LogP contribution in [0.1, 0.15) is 24.2 Å². The summed E-state index contributed by atoms with van der Waals surface area (Å²) in [7, 11) is 0. The van der Waals surface area contributed by atoms with Crippen LogP contribution in [0.5, 0.6) is 17.2 Å². The van der Waals surface area contributed by atoms with Gasteiger partial charge >= 0.3 is 11.7 Å². The molecule has 4 rings (SSSR count). The first-order valence-electron chi connectivity index (χ1n) is 11.6. The van der Waals surface area contributed by atoms with Gasteiger partial charge in [-0.25, -0.2) is 4.79 Å². The second kappa shape index (κ2) is 11.2. The van der Waals surface area contributed by atoms with E-state index in [2.05, 4.69) is 6.58 Å². The number of hydrogen-bond acceptors (Lipinski definition) is 6. The van der Waals surface area contributed by atoms with Crippen molar-refractivity contribution in [3.05, 3.63) is 120 Å². The Morgan fingerprint density at radius 2 is 1.32 bits per heavy atom. The van der Waals surface area contributed by atoms with E-state index in [0.717, 1.165) is 16.7 Å². The van der Waals surface area contributed by atoms with Crippen LogP contribution in [0.2, 0.25) is 0 Å². The van der Waals surface area contributed by atoms with Crippen LogP contribution in [0.3, 0.4) is 0 Å². The van der Waals surface area contributed by atoms with Crippen molar-refractivity contribution in [2.45, 2.75) is 20.0 Å². The summed E-state index contributed by atoms with van der Waals surface area (Å²) in [5.74, 6) is 0.831. The van der Waals surface area contributed by atoms with Crippen LogP contribution in [-0.4, -0.2) is 17.0 Å². The van der Waals surface area contributed by atoms with Crippen molar-refractivity contribution in [3.63, 3.8) is 0 Å². The molecule has 0 saturated heterocycles. The maximum atomic E-state index is 12.7. The Morgan fingerprint density at radius 3 is 1.86 bits per heavy atom. The zero-order valence-corrected chi connectivity index (χ0v) is 20.4. The van der Waals surface area contributed by atoms with E-state index in [1.807, 2.05) is 50.2 Å². The molecule has 0 N–H and O–H groups in total. The molecule has 4 aromatic carbocycles. The third-order valence-corrected chi connectivity index (χ3v) is 5.44. The predicted octanol–water partition coefficient (Wildman–Crippen LogP) is 7.46. The number of esters is 1. The quantitative estimate of drug-likeness (QED) is 0.0787. The molecule has 37 heavy (non-hydrogen) atoms. The Labute approximate surface area is 214 Å². The average Bonchev–Trinajstić information content (AvgIpc) is 2.90. The number of benzene rings is 4. The maximum Gasteiger partial charge on any atom is 0.343 e. The van der Waals surface area contributed by atoms with Crippen molar-refractivity contribution in [2.75, 3.05) is 0 Å². The normalized spacial score (nSPS) is 10.6. The Balaban J connectivity index is 1.44. The van der Waals surface area contributed by atoms with E-state index in [4.69, 9.17) is 14.2 Å². The van der Waals surface area contributed by atoms with E-state index in [1.54, 1.807) is 48.5 Å². The average molecular weight is 496 g/mol. The van der Waals surface area contributed by atoms with Gasteiger partial charge in [0.25, 0.3) is 0 Å². The van der Waals surface area contributed by atoms with Gasteiger partial charge in [-0.2, -0.15) is 0 Å². The summed E-state index contributed by atoms with van der Waals surface area (Å²) in [6, 6.07) is 26.3. The number of nitro groups is 1. The molecule has 0 saturated carbocycles. The van der Waals surface area contributed by atoms with Crippen molar-refractivity contribution in [3.8, 4) is 39.5 Å². The molecule has 0 fully saturated rings. The van der Waals surface area contributed by atoms with Gasteiger partial charge in [-0.3, -0.25) is 10.1 Å². The number of hydrogen-bond donors (Lipinski definition) is 0. The first-order chi connectivity index (χ1) is 17.8. The van der Waals surface area contributed by atoms with Crippen molar-refractivity contribution in [1.82, 2.24) is 0 Å². The zero-order chi connectivity index (χ0) is 26.4. The zero-order valence-electron chi connectivity index (χ0n) is 20.4. The SMILES string of the molecule is C=COc1ccc(-c2ccc(OC(=O)c3ccc(-c4ccc(OC(C)C)c([N+](=O)[O-])c4)cc3)cc2)cc1. The molecule has 0 heterocycles. The molecule has 0 aliphatic rings. The molecular formula is C30H25NO6. The summed E-state index contributed by atoms with van der Waals surface area (Å²) in [5, 5.41) is 11.5. The number of nitro benzene ring substituents is 1. The minimum absolute atomic E-state index is 0.112. The van der Waals surface area contributed by atoms with Gasteiger partial charge < -0.3 is 14.2 Å².